The highest BCUT2D eigenvalue weighted by Gasteiger charge is 2.17. The van der Waals surface area contributed by atoms with E-state index in [4.69, 9.17) is 16.3 Å². The van der Waals surface area contributed by atoms with Crippen LogP contribution in [0.15, 0.2) is 73.2 Å². The molecule has 0 fully saturated rings. The molecule has 0 bridgehead atoms. The fraction of sp³-hybridized carbons (Fsp3) is 0.0870. The lowest BCUT2D eigenvalue weighted by Crippen LogP contribution is -2.22. The van der Waals surface area contributed by atoms with E-state index in [2.05, 4.69) is 25.5 Å². The summed E-state index contributed by atoms with van der Waals surface area (Å²) >= 11 is 5.88. The predicted octanol–water partition coefficient (Wildman–Crippen LogP) is 3.98. The Labute approximate surface area is 193 Å². The van der Waals surface area contributed by atoms with E-state index in [1.807, 2.05) is 37.3 Å². The number of fused-ring (bicyclic) bond motifs is 1. The highest BCUT2D eigenvalue weighted by atomic mass is 35.5. The summed E-state index contributed by atoms with van der Waals surface area (Å²) in [7, 11) is 0. The molecule has 9 nitrogen and oxygen atoms in total. The lowest BCUT2D eigenvalue weighted by molar-refractivity contribution is -0.118. The molecule has 0 atom stereocenters. The smallest absolute Gasteiger partial charge is 0.263 e. The van der Waals surface area contributed by atoms with Gasteiger partial charge in [0.25, 0.3) is 5.91 Å². The van der Waals surface area contributed by atoms with Crippen LogP contribution in [0.2, 0.25) is 5.02 Å². The van der Waals surface area contributed by atoms with Crippen LogP contribution in [0.1, 0.15) is 5.69 Å². The van der Waals surface area contributed by atoms with Gasteiger partial charge in [-0.1, -0.05) is 29.8 Å². The average molecular weight is 460 g/mol. The van der Waals surface area contributed by atoms with Gasteiger partial charge in [-0.3, -0.25) is 4.79 Å². The first-order valence-electron chi connectivity index (χ1n) is 10.1. The zero-order chi connectivity index (χ0) is 22.8. The fourth-order valence-electron chi connectivity index (χ4n) is 3.37. The first-order chi connectivity index (χ1) is 16.1. The maximum atomic E-state index is 12.5. The molecule has 0 saturated heterocycles. The topological polar surface area (TPSA) is 99.7 Å². The Morgan fingerprint density at radius 1 is 1.06 bits per heavy atom. The molecule has 0 saturated carbocycles. The fourth-order valence-corrected chi connectivity index (χ4v) is 3.49. The van der Waals surface area contributed by atoms with E-state index >= 15 is 0 Å². The molecular weight excluding hydrogens is 442 g/mol. The third-order valence-electron chi connectivity index (χ3n) is 4.83. The van der Waals surface area contributed by atoms with E-state index in [-0.39, 0.29) is 12.5 Å². The predicted molar refractivity (Wildman–Crippen MR) is 124 cm³/mol. The number of nitrogens with one attached hydrogen (secondary N) is 1. The van der Waals surface area contributed by atoms with Crippen LogP contribution in [-0.2, 0) is 4.79 Å². The highest BCUT2D eigenvalue weighted by molar-refractivity contribution is 6.30. The van der Waals surface area contributed by atoms with Crippen molar-refractivity contribution >= 4 is 34.4 Å². The molecule has 0 aliphatic heterocycles. The van der Waals surface area contributed by atoms with Crippen LogP contribution in [0.25, 0.3) is 22.5 Å². The summed E-state index contributed by atoms with van der Waals surface area (Å²) in [4.78, 5) is 21.4. The van der Waals surface area contributed by atoms with E-state index in [1.165, 1.54) is 6.33 Å². The summed E-state index contributed by atoms with van der Waals surface area (Å²) in [5, 5.41) is 13.1. The Kier molecular flexibility index (Phi) is 5.45. The summed E-state index contributed by atoms with van der Waals surface area (Å²) in [6.07, 6.45) is 3.13. The number of carbonyl (C=O) groups is 1. The number of hydrogen-bond donors (Lipinski definition) is 1. The van der Waals surface area contributed by atoms with Crippen molar-refractivity contribution in [2.45, 2.75) is 6.92 Å². The Hall–Kier alpha value is -4.24. The van der Waals surface area contributed by atoms with Crippen molar-refractivity contribution in [2.24, 2.45) is 0 Å². The highest BCUT2D eigenvalue weighted by Crippen LogP contribution is 2.24. The molecule has 0 unspecified atom stereocenters. The van der Waals surface area contributed by atoms with Crippen LogP contribution >= 0.6 is 11.6 Å². The number of halogens is 1. The number of benzene rings is 2. The molecule has 1 amide bonds. The third kappa shape index (κ3) is 4.26. The van der Waals surface area contributed by atoms with E-state index in [9.17, 15) is 4.79 Å². The minimum Gasteiger partial charge on any atom is -0.484 e. The molecule has 1 N–H and O–H groups in total. The van der Waals surface area contributed by atoms with Crippen molar-refractivity contribution in [3.63, 3.8) is 0 Å². The zero-order valence-electron chi connectivity index (χ0n) is 17.5. The first-order valence-corrected chi connectivity index (χ1v) is 10.5. The quantitative estimate of drug-likeness (QED) is 0.412. The number of nitrogens with zero attached hydrogens (tertiary/aromatic N) is 6. The molecule has 3 heterocycles. The van der Waals surface area contributed by atoms with Crippen LogP contribution < -0.4 is 10.1 Å². The van der Waals surface area contributed by atoms with Gasteiger partial charge < -0.3 is 10.1 Å². The second-order valence-corrected chi connectivity index (χ2v) is 7.64. The number of carbonyl (C=O) groups excluding carboxylic acids is 1. The lowest BCUT2D eigenvalue weighted by atomic mass is 10.3. The molecule has 3 aromatic heterocycles. The maximum Gasteiger partial charge on any atom is 0.263 e. The zero-order valence-corrected chi connectivity index (χ0v) is 18.3. The van der Waals surface area contributed by atoms with Gasteiger partial charge in [-0.05, 0) is 43.3 Å². The van der Waals surface area contributed by atoms with E-state index < -0.39 is 0 Å². The number of aryl methyl sites for hydroxylation is 1. The van der Waals surface area contributed by atoms with Gasteiger partial charge in [0.2, 0.25) is 0 Å². The normalized spacial score (nSPS) is 11.0. The van der Waals surface area contributed by atoms with Gasteiger partial charge in [0.05, 0.1) is 23.0 Å². The summed E-state index contributed by atoms with van der Waals surface area (Å²) < 4.78 is 8.83. The number of ether oxygens (including phenoxy) is 1. The van der Waals surface area contributed by atoms with Gasteiger partial charge in [0.1, 0.15) is 17.9 Å². The third-order valence-corrected chi connectivity index (χ3v) is 5.08. The molecule has 0 aliphatic rings. The van der Waals surface area contributed by atoms with E-state index in [0.29, 0.717) is 39.1 Å². The van der Waals surface area contributed by atoms with Gasteiger partial charge in [0, 0.05) is 11.1 Å². The maximum absolute atomic E-state index is 12.5. The second kappa shape index (κ2) is 8.71. The van der Waals surface area contributed by atoms with Gasteiger partial charge in [0.15, 0.2) is 18.1 Å². The minimum absolute atomic E-state index is 0.170. The largest absolute Gasteiger partial charge is 0.484 e. The van der Waals surface area contributed by atoms with Crippen molar-refractivity contribution in [3.05, 3.63) is 83.9 Å². The number of hydrogen-bond acceptors (Lipinski definition) is 6. The number of anilines is 1. The average Bonchev–Trinajstić information content (AvgIpc) is 3.42. The Morgan fingerprint density at radius 2 is 1.85 bits per heavy atom. The Morgan fingerprint density at radius 3 is 2.64 bits per heavy atom. The summed E-state index contributed by atoms with van der Waals surface area (Å²) in [5.41, 5.74) is 2.22. The van der Waals surface area contributed by atoms with Crippen LogP contribution in [0.4, 0.5) is 5.82 Å². The molecular formula is C23H18ClN7O2. The van der Waals surface area contributed by atoms with Crippen molar-refractivity contribution in [2.75, 3.05) is 11.9 Å². The van der Waals surface area contributed by atoms with Gasteiger partial charge >= 0.3 is 0 Å². The Bertz CT molecular complexity index is 1430. The molecule has 5 aromatic rings. The standard InChI is InChI=1S/C23H18ClN7O2/c1-15-11-20(28-21(32)13-33-18-9-7-16(24)8-10-18)31(29-15)23-19-12-27-30(22(19)25-14-26-23)17-5-3-2-4-6-17/h2-12,14H,13H2,1H3,(H,28,32). The summed E-state index contributed by atoms with van der Waals surface area (Å²) in [6, 6.07) is 18.2. The molecule has 2 aromatic carbocycles. The lowest BCUT2D eigenvalue weighted by Gasteiger charge is -2.10. The number of aromatic nitrogens is 6. The summed E-state index contributed by atoms with van der Waals surface area (Å²) in [6.45, 7) is 1.67. The van der Waals surface area contributed by atoms with Crippen LogP contribution in [0, 0.1) is 6.92 Å². The molecule has 33 heavy (non-hydrogen) atoms. The monoisotopic (exact) mass is 459 g/mol. The second-order valence-electron chi connectivity index (χ2n) is 7.20. The van der Waals surface area contributed by atoms with Crippen molar-refractivity contribution < 1.29 is 9.53 Å². The molecule has 5 rings (SSSR count). The Balaban J connectivity index is 1.42. The van der Waals surface area contributed by atoms with Gasteiger partial charge in [-0.15, -0.1) is 0 Å². The number of rotatable bonds is 6. The van der Waals surface area contributed by atoms with Gasteiger partial charge in [-0.2, -0.15) is 14.9 Å². The molecule has 0 spiro atoms. The SMILES string of the molecule is Cc1cc(NC(=O)COc2ccc(Cl)cc2)n(-c2ncnc3c2cnn3-c2ccccc2)n1. The van der Waals surface area contributed by atoms with Crippen LogP contribution in [0.5, 0.6) is 5.75 Å². The molecule has 0 radical (unpaired) electrons. The van der Waals surface area contributed by atoms with Crippen LogP contribution in [-0.4, -0.2) is 42.0 Å². The van der Waals surface area contributed by atoms with Gasteiger partial charge in [-0.25, -0.2) is 14.6 Å². The van der Waals surface area contributed by atoms with Crippen LogP contribution in [0.3, 0.4) is 0 Å². The first kappa shape index (κ1) is 20.7. The number of amides is 1. The number of para-hydroxylation sites is 1. The van der Waals surface area contributed by atoms with Crippen molar-refractivity contribution in [1.29, 1.82) is 0 Å². The van der Waals surface area contributed by atoms with E-state index in [1.54, 1.807) is 45.9 Å². The minimum atomic E-state index is -0.337. The molecule has 10 heteroatoms. The van der Waals surface area contributed by atoms with E-state index in [0.717, 1.165) is 5.69 Å². The van der Waals surface area contributed by atoms with Crippen molar-refractivity contribution in [3.8, 4) is 17.3 Å². The molecule has 164 valence electrons. The summed E-state index contributed by atoms with van der Waals surface area (Å²) in [5.74, 6) is 1.18. The molecule has 0 aliphatic carbocycles. The van der Waals surface area contributed by atoms with Crippen molar-refractivity contribution in [1.82, 2.24) is 29.5 Å².